The van der Waals surface area contributed by atoms with Gasteiger partial charge in [0.1, 0.15) is 0 Å². The Morgan fingerprint density at radius 1 is 1.21 bits per heavy atom. The van der Waals surface area contributed by atoms with Gasteiger partial charge in [0.15, 0.2) is 0 Å². The number of benzene rings is 1. The molecule has 1 aliphatic rings. The van der Waals surface area contributed by atoms with Crippen molar-refractivity contribution in [3.63, 3.8) is 0 Å². The van der Waals surface area contributed by atoms with Crippen LogP contribution in [-0.2, 0) is 18.4 Å². The number of hydrogen-bond acceptors (Lipinski definition) is 3. The lowest BCUT2D eigenvalue weighted by molar-refractivity contribution is -0.114. The molecule has 0 saturated heterocycles. The fourth-order valence-electron chi connectivity index (χ4n) is 2.38. The van der Waals surface area contributed by atoms with Gasteiger partial charge in [-0.25, -0.2) is 0 Å². The lowest BCUT2D eigenvalue weighted by Crippen LogP contribution is -2.30. The van der Waals surface area contributed by atoms with Gasteiger partial charge < -0.3 is 0 Å². The van der Waals surface area contributed by atoms with Crippen molar-refractivity contribution in [2.45, 2.75) is 13.5 Å². The molecule has 0 N–H and O–H groups in total. The average molecular weight is 255 g/mol. The molecule has 0 atom stereocenters. The summed E-state index contributed by atoms with van der Waals surface area (Å²) in [6, 6.07) is 8.98. The summed E-state index contributed by atoms with van der Waals surface area (Å²) >= 11 is 0. The molecule has 1 amide bonds. The number of Topliss-reactive ketones (excluding diaryl/α,β-unsaturated/α-hetero) is 1. The summed E-state index contributed by atoms with van der Waals surface area (Å²) in [6.45, 7) is 2.26. The molecule has 2 aromatic rings. The van der Waals surface area contributed by atoms with Crippen molar-refractivity contribution in [3.05, 3.63) is 47.3 Å². The maximum absolute atomic E-state index is 12.0. The summed E-state index contributed by atoms with van der Waals surface area (Å²) in [5.74, 6) is -0.908. The van der Waals surface area contributed by atoms with E-state index in [0.29, 0.717) is 17.8 Å². The lowest BCUT2D eigenvalue weighted by Gasteiger charge is -2.16. The number of rotatable bonds is 2. The van der Waals surface area contributed by atoms with Crippen LogP contribution in [0.1, 0.15) is 21.7 Å². The zero-order chi connectivity index (χ0) is 13.6. The molecule has 1 aromatic carbocycles. The van der Waals surface area contributed by atoms with Crippen molar-refractivity contribution in [3.8, 4) is 0 Å². The fourth-order valence-corrected chi connectivity index (χ4v) is 2.38. The van der Waals surface area contributed by atoms with E-state index < -0.39 is 11.7 Å². The van der Waals surface area contributed by atoms with E-state index in [1.165, 1.54) is 4.90 Å². The zero-order valence-corrected chi connectivity index (χ0v) is 10.8. The zero-order valence-electron chi connectivity index (χ0n) is 10.8. The molecule has 2 heterocycles. The summed E-state index contributed by atoms with van der Waals surface area (Å²) < 4.78 is 1.73. The predicted molar refractivity (Wildman–Crippen MR) is 69.9 cm³/mol. The first-order valence-corrected chi connectivity index (χ1v) is 6.02. The number of ketones is 1. The van der Waals surface area contributed by atoms with Crippen molar-refractivity contribution >= 4 is 17.4 Å². The number of amides is 1. The van der Waals surface area contributed by atoms with Crippen molar-refractivity contribution in [1.29, 1.82) is 0 Å². The molecule has 0 saturated carbocycles. The van der Waals surface area contributed by atoms with E-state index in [1.54, 1.807) is 22.9 Å². The second kappa shape index (κ2) is 4.05. The number of aryl methyl sites for hydroxylation is 2. The van der Waals surface area contributed by atoms with Crippen LogP contribution in [0.25, 0.3) is 0 Å². The minimum atomic E-state index is -0.472. The highest BCUT2D eigenvalue weighted by atomic mass is 16.2. The lowest BCUT2D eigenvalue weighted by atomic mass is 10.1. The Labute approximate surface area is 110 Å². The highest BCUT2D eigenvalue weighted by Gasteiger charge is 2.35. The van der Waals surface area contributed by atoms with Crippen LogP contribution in [0.15, 0.2) is 30.3 Å². The van der Waals surface area contributed by atoms with Gasteiger partial charge in [-0.1, -0.05) is 12.1 Å². The van der Waals surface area contributed by atoms with Gasteiger partial charge in [0.25, 0.3) is 11.7 Å². The first-order chi connectivity index (χ1) is 9.08. The van der Waals surface area contributed by atoms with Crippen molar-refractivity contribution in [2.24, 2.45) is 7.05 Å². The molecule has 19 heavy (non-hydrogen) atoms. The summed E-state index contributed by atoms with van der Waals surface area (Å²) in [7, 11) is 1.83. The Hall–Kier alpha value is -2.43. The molecule has 0 bridgehead atoms. The van der Waals surface area contributed by atoms with E-state index in [4.69, 9.17) is 0 Å². The average Bonchev–Trinajstić information content (AvgIpc) is 2.83. The van der Waals surface area contributed by atoms with E-state index in [9.17, 15) is 9.59 Å². The molecule has 1 aliphatic heterocycles. The van der Waals surface area contributed by atoms with Gasteiger partial charge in [0.05, 0.1) is 29.2 Å². The minimum Gasteiger partial charge on any atom is -0.299 e. The van der Waals surface area contributed by atoms with Crippen LogP contribution in [0.2, 0.25) is 0 Å². The van der Waals surface area contributed by atoms with Gasteiger partial charge in [-0.2, -0.15) is 5.10 Å². The third-order valence-corrected chi connectivity index (χ3v) is 3.30. The van der Waals surface area contributed by atoms with E-state index in [-0.39, 0.29) is 0 Å². The smallest absolute Gasteiger partial charge is 0.299 e. The summed E-state index contributed by atoms with van der Waals surface area (Å²) in [6.07, 6.45) is 0. The molecule has 0 unspecified atom stereocenters. The van der Waals surface area contributed by atoms with Gasteiger partial charge in [0, 0.05) is 7.05 Å². The predicted octanol–water partition coefficient (Wildman–Crippen LogP) is 1.46. The van der Waals surface area contributed by atoms with Gasteiger partial charge >= 0.3 is 0 Å². The standard InChI is InChI=1S/C14H13N3O2/c1-9-7-10(16(2)15-9)8-17-12-6-4-3-5-11(12)13(18)14(17)19/h3-7H,8H2,1-2H3. The van der Waals surface area contributed by atoms with E-state index in [1.807, 2.05) is 26.1 Å². The molecule has 5 heteroatoms. The fraction of sp³-hybridized carbons (Fsp3) is 0.214. The monoisotopic (exact) mass is 255 g/mol. The van der Waals surface area contributed by atoms with Crippen molar-refractivity contribution < 1.29 is 9.59 Å². The third-order valence-electron chi connectivity index (χ3n) is 3.30. The minimum absolute atomic E-state index is 0.360. The van der Waals surface area contributed by atoms with E-state index >= 15 is 0 Å². The van der Waals surface area contributed by atoms with Crippen LogP contribution in [0.3, 0.4) is 0 Å². The Balaban J connectivity index is 2.00. The Bertz CT molecular complexity index is 688. The second-order valence-corrected chi connectivity index (χ2v) is 4.64. The van der Waals surface area contributed by atoms with Gasteiger partial charge in [0.2, 0.25) is 0 Å². The molecular formula is C14H13N3O2. The first-order valence-electron chi connectivity index (χ1n) is 6.02. The Morgan fingerprint density at radius 2 is 1.95 bits per heavy atom. The van der Waals surface area contributed by atoms with Crippen LogP contribution in [0.4, 0.5) is 5.69 Å². The number of anilines is 1. The number of nitrogens with zero attached hydrogens (tertiary/aromatic N) is 3. The third kappa shape index (κ3) is 1.74. The molecular weight excluding hydrogens is 242 g/mol. The number of fused-ring (bicyclic) bond motifs is 1. The van der Waals surface area contributed by atoms with Crippen molar-refractivity contribution in [2.75, 3.05) is 4.90 Å². The molecule has 0 fully saturated rings. The molecule has 1 aromatic heterocycles. The van der Waals surface area contributed by atoms with E-state index in [0.717, 1.165) is 11.4 Å². The van der Waals surface area contributed by atoms with Crippen LogP contribution in [-0.4, -0.2) is 21.5 Å². The second-order valence-electron chi connectivity index (χ2n) is 4.64. The molecule has 5 nitrogen and oxygen atoms in total. The van der Waals surface area contributed by atoms with Gasteiger partial charge in [-0.3, -0.25) is 19.2 Å². The Morgan fingerprint density at radius 3 is 2.63 bits per heavy atom. The number of hydrogen-bond donors (Lipinski definition) is 0. The topological polar surface area (TPSA) is 55.2 Å². The quantitative estimate of drug-likeness (QED) is 0.763. The molecule has 96 valence electrons. The normalized spacial score (nSPS) is 14.1. The van der Waals surface area contributed by atoms with Gasteiger partial charge in [-0.05, 0) is 25.1 Å². The largest absolute Gasteiger partial charge is 0.299 e. The SMILES string of the molecule is Cc1cc(CN2C(=O)C(=O)c3ccccc32)n(C)n1. The summed E-state index contributed by atoms with van der Waals surface area (Å²) in [5, 5.41) is 4.25. The van der Waals surface area contributed by atoms with Crippen LogP contribution in [0.5, 0.6) is 0 Å². The van der Waals surface area contributed by atoms with Gasteiger partial charge in [-0.15, -0.1) is 0 Å². The highest BCUT2D eigenvalue weighted by Crippen LogP contribution is 2.29. The maximum atomic E-state index is 12.0. The molecule has 0 aliphatic carbocycles. The molecule has 3 rings (SSSR count). The van der Waals surface area contributed by atoms with Crippen LogP contribution >= 0.6 is 0 Å². The molecule has 0 spiro atoms. The number of carbonyl (C=O) groups excluding carboxylic acids is 2. The highest BCUT2D eigenvalue weighted by molar-refractivity contribution is 6.52. The number of aromatic nitrogens is 2. The maximum Gasteiger partial charge on any atom is 0.299 e. The summed E-state index contributed by atoms with van der Waals surface area (Å²) in [4.78, 5) is 25.4. The van der Waals surface area contributed by atoms with E-state index in [2.05, 4.69) is 5.10 Å². The van der Waals surface area contributed by atoms with Crippen molar-refractivity contribution in [1.82, 2.24) is 9.78 Å². The number of para-hydroxylation sites is 1. The Kier molecular flexibility index (Phi) is 2.48. The first kappa shape index (κ1) is 11.6. The van der Waals surface area contributed by atoms with Crippen LogP contribution < -0.4 is 4.90 Å². The molecule has 0 radical (unpaired) electrons. The van der Waals surface area contributed by atoms with Crippen LogP contribution in [0, 0.1) is 6.92 Å². The number of carbonyl (C=O) groups is 2. The summed E-state index contributed by atoms with van der Waals surface area (Å²) in [5.41, 5.74) is 2.95.